The molecule has 0 bridgehead atoms. The van der Waals surface area contributed by atoms with Crippen molar-refractivity contribution in [2.24, 2.45) is 0 Å². The van der Waals surface area contributed by atoms with Crippen LogP contribution in [0.4, 0.5) is 0 Å². The summed E-state index contributed by atoms with van der Waals surface area (Å²) in [6, 6.07) is 0.207. The second-order valence-corrected chi connectivity index (χ2v) is 4.72. The van der Waals surface area contributed by atoms with E-state index in [-0.39, 0.29) is 12.0 Å². The highest BCUT2D eigenvalue weighted by molar-refractivity contribution is 5.69. The standard InChI is InChI=1S/C14H25NO2/c1-3-17-14(16)11-12(2)15-10-9-13-7-5-4-6-8-13/h7,12,15H,3-6,8-11H2,1-2H3. The molecular formula is C14H25NO2. The molecule has 0 aromatic carbocycles. The fourth-order valence-corrected chi connectivity index (χ4v) is 2.15. The fourth-order valence-electron chi connectivity index (χ4n) is 2.15. The Morgan fingerprint density at radius 2 is 2.35 bits per heavy atom. The van der Waals surface area contributed by atoms with Crippen LogP contribution in [0.2, 0.25) is 0 Å². The van der Waals surface area contributed by atoms with Crippen LogP contribution < -0.4 is 5.32 Å². The largest absolute Gasteiger partial charge is 0.466 e. The molecule has 1 atom stereocenters. The Balaban J connectivity index is 2.09. The molecule has 98 valence electrons. The molecule has 0 radical (unpaired) electrons. The van der Waals surface area contributed by atoms with Gasteiger partial charge in [-0.05, 0) is 52.5 Å². The summed E-state index contributed by atoms with van der Waals surface area (Å²) in [5.74, 6) is -0.107. The van der Waals surface area contributed by atoms with Crippen LogP contribution in [-0.4, -0.2) is 25.2 Å². The van der Waals surface area contributed by atoms with E-state index < -0.39 is 0 Å². The number of allylic oxidation sites excluding steroid dienone is 1. The number of rotatable bonds is 7. The summed E-state index contributed by atoms with van der Waals surface area (Å²) >= 11 is 0. The average molecular weight is 239 g/mol. The monoisotopic (exact) mass is 239 g/mol. The van der Waals surface area contributed by atoms with Crippen LogP contribution in [-0.2, 0) is 9.53 Å². The minimum atomic E-state index is -0.107. The Kier molecular flexibility index (Phi) is 6.94. The summed E-state index contributed by atoms with van der Waals surface area (Å²) in [6.45, 7) is 5.31. The van der Waals surface area contributed by atoms with E-state index in [0.29, 0.717) is 13.0 Å². The van der Waals surface area contributed by atoms with Gasteiger partial charge in [0.25, 0.3) is 0 Å². The van der Waals surface area contributed by atoms with Crippen LogP contribution in [0.1, 0.15) is 52.4 Å². The fraction of sp³-hybridized carbons (Fsp3) is 0.786. The maximum absolute atomic E-state index is 11.2. The van der Waals surface area contributed by atoms with Gasteiger partial charge in [0.1, 0.15) is 0 Å². The summed E-state index contributed by atoms with van der Waals surface area (Å²) < 4.78 is 4.92. The third-order valence-electron chi connectivity index (χ3n) is 3.10. The van der Waals surface area contributed by atoms with Gasteiger partial charge in [0.15, 0.2) is 0 Å². The third-order valence-corrected chi connectivity index (χ3v) is 3.10. The Hall–Kier alpha value is -0.830. The molecule has 0 fully saturated rings. The SMILES string of the molecule is CCOC(=O)CC(C)NCCC1=CCCCC1. The van der Waals surface area contributed by atoms with Gasteiger partial charge in [-0.2, -0.15) is 0 Å². The smallest absolute Gasteiger partial charge is 0.307 e. The van der Waals surface area contributed by atoms with Gasteiger partial charge in [0.05, 0.1) is 13.0 Å². The van der Waals surface area contributed by atoms with Crippen LogP contribution >= 0.6 is 0 Å². The molecule has 1 aliphatic rings. The first-order valence-corrected chi connectivity index (χ1v) is 6.79. The quantitative estimate of drug-likeness (QED) is 0.548. The van der Waals surface area contributed by atoms with Gasteiger partial charge < -0.3 is 10.1 Å². The van der Waals surface area contributed by atoms with Gasteiger partial charge in [-0.15, -0.1) is 0 Å². The zero-order valence-electron chi connectivity index (χ0n) is 11.1. The van der Waals surface area contributed by atoms with E-state index in [1.165, 1.54) is 25.7 Å². The number of carbonyl (C=O) groups is 1. The molecule has 1 N–H and O–H groups in total. The van der Waals surface area contributed by atoms with E-state index >= 15 is 0 Å². The van der Waals surface area contributed by atoms with Gasteiger partial charge in [0, 0.05) is 6.04 Å². The number of ether oxygens (including phenoxy) is 1. The van der Waals surface area contributed by atoms with Gasteiger partial charge in [-0.1, -0.05) is 11.6 Å². The summed E-state index contributed by atoms with van der Waals surface area (Å²) in [6.07, 6.45) is 9.14. The maximum Gasteiger partial charge on any atom is 0.307 e. The Bertz CT molecular complexity index is 261. The highest BCUT2D eigenvalue weighted by atomic mass is 16.5. The summed E-state index contributed by atoms with van der Waals surface area (Å²) in [5, 5.41) is 3.38. The number of nitrogens with one attached hydrogen (secondary N) is 1. The molecule has 1 aliphatic carbocycles. The van der Waals surface area contributed by atoms with E-state index in [1.54, 1.807) is 5.57 Å². The van der Waals surface area contributed by atoms with Crippen molar-refractivity contribution < 1.29 is 9.53 Å². The second kappa shape index (κ2) is 8.29. The lowest BCUT2D eigenvalue weighted by Crippen LogP contribution is -2.30. The van der Waals surface area contributed by atoms with Crippen molar-refractivity contribution in [1.29, 1.82) is 0 Å². The topological polar surface area (TPSA) is 38.3 Å². The molecule has 0 amide bonds. The van der Waals surface area contributed by atoms with Gasteiger partial charge in [-0.25, -0.2) is 0 Å². The van der Waals surface area contributed by atoms with Gasteiger partial charge in [0.2, 0.25) is 0 Å². The summed E-state index contributed by atoms with van der Waals surface area (Å²) in [7, 11) is 0. The van der Waals surface area contributed by atoms with E-state index in [4.69, 9.17) is 4.74 Å². The highest BCUT2D eigenvalue weighted by Gasteiger charge is 2.09. The number of hydrogen-bond donors (Lipinski definition) is 1. The van der Waals surface area contributed by atoms with Crippen LogP contribution in [0.5, 0.6) is 0 Å². The van der Waals surface area contributed by atoms with Crippen LogP contribution in [0.15, 0.2) is 11.6 Å². The first-order chi connectivity index (χ1) is 8.22. The van der Waals surface area contributed by atoms with Crippen molar-refractivity contribution in [3.63, 3.8) is 0 Å². The molecule has 0 heterocycles. The molecule has 1 unspecified atom stereocenters. The predicted octanol–water partition coefficient (Wildman–Crippen LogP) is 2.81. The average Bonchev–Trinajstić information content (AvgIpc) is 2.30. The second-order valence-electron chi connectivity index (χ2n) is 4.72. The Labute approximate surface area is 105 Å². The van der Waals surface area contributed by atoms with Crippen LogP contribution in [0.25, 0.3) is 0 Å². The normalized spacial score (nSPS) is 17.4. The zero-order valence-corrected chi connectivity index (χ0v) is 11.1. The molecular weight excluding hydrogens is 214 g/mol. The summed E-state index contributed by atoms with van der Waals surface area (Å²) in [4.78, 5) is 11.2. The number of carbonyl (C=O) groups excluding carboxylic acids is 1. The molecule has 3 heteroatoms. The molecule has 0 aromatic rings. The Morgan fingerprint density at radius 3 is 3.00 bits per heavy atom. The molecule has 0 saturated carbocycles. The van der Waals surface area contributed by atoms with Crippen molar-refractivity contribution in [3.05, 3.63) is 11.6 Å². The van der Waals surface area contributed by atoms with Crippen molar-refractivity contribution in [1.82, 2.24) is 5.32 Å². The lowest BCUT2D eigenvalue weighted by Gasteiger charge is -2.16. The molecule has 17 heavy (non-hydrogen) atoms. The number of esters is 1. The first-order valence-electron chi connectivity index (χ1n) is 6.79. The van der Waals surface area contributed by atoms with Crippen molar-refractivity contribution in [3.8, 4) is 0 Å². The van der Waals surface area contributed by atoms with Crippen molar-refractivity contribution in [2.75, 3.05) is 13.2 Å². The lowest BCUT2D eigenvalue weighted by molar-refractivity contribution is -0.143. The van der Waals surface area contributed by atoms with E-state index in [0.717, 1.165) is 13.0 Å². The zero-order chi connectivity index (χ0) is 12.5. The Morgan fingerprint density at radius 1 is 1.53 bits per heavy atom. The van der Waals surface area contributed by atoms with Gasteiger partial charge in [-0.3, -0.25) is 4.79 Å². The van der Waals surface area contributed by atoms with E-state index in [2.05, 4.69) is 11.4 Å². The molecule has 3 nitrogen and oxygen atoms in total. The molecule has 1 rings (SSSR count). The van der Waals surface area contributed by atoms with Gasteiger partial charge >= 0.3 is 5.97 Å². The lowest BCUT2D eigenvalue weighted by atomic mass is 9.97. The van der Waals surface area contributed by atoms with Crippen LogP contribution in [0.3, 0.4) is 0 Å². The molecule has 0 saturated heterocycles. The molecule has 0 spiro atoms. The minimum Gasteiger partial charge on any atom is -0.466 e. The third kappa shape index (κ3) is 6.47. The number of hydrogen-bond acceptors (Lipinski definition) is 3. The molecule has 0 aliphatic heterocycles. The van der Waals surface area contributed by atoms with Crippen molar-refractivity contribution in [2.45, 2.75) is 58.4 Å². The first kappa shape index (κ1) is 14.2. The van der Waals surface area contributed by atoms with E-state index in [9.17, 15) is 4.79 Å². The predicted molar refractivity (Wildman–Crippen MR) is 69.9 cm³/mol. The van der Waals surface area contributed by atoms with Crippen LogP contribution in [0, 0.1) is 0 Å². The minimum absolute atomic E-state index is 0.107. The highest BCUT2D eigenvalue weighted by Crippen LogP contribution is 2.19. The molecule has 0 aromatic heterocycles. The van der Waals surface area contributed by atoms with Crippen molar-refractivity contribution >= 4 is 5.97 Å². The summed E-state index contributed by atoms with van der Waals surface area (Å²) in [5.41, 5.74) is 1.58. The maximum atomic E-state index is 11.2. The van der Waals surface area contributed by atoms with E-state index in [1.807, 2.05) is 13.8 Å².